The first-order valence-corrected chi connectivity index (χ1v) is 12.8. The second-order valence-corrected chi connectivity index (χ2v) is 10.3. The Bertz CT molecular complexity index is 1590. The average molecular weight is 567 g/mol. The number of hydrogen-bond acceptors (Lipinski definition) is 9. The number of piperazine rings is 1. The van der Waals surface area contributed by atoms with E-state index in [9.17, 15) is 23.5 Å². The molecular formula is C27H28F2N8O4. The summed E-state index contributed by atoms with van der Waals surface area (Å²) in [7, 11) is 0. The summed E-state index contributed by atoms with van der Waals surface area (Å²) >= 11 is 0. The number of nitrogens with one attached hydrogen (secondary N) is 1. The lowest BCUT2D eigenvalue weighted by Crippen LogP contribution is -2.63. The van der Waals surface area contributed by atoms with E-state index in [1.807, 2.05) is 18.7 Å². The summed E-state index contributed by atoms with van der Waals surface area (Å²) in [6, 6.07) is 3.97. The van der Waals surface area contributed by atoms with E-state index in [1.54, 1.807) is 28.5 Å². The minimum Gasteiger partial charge on any atom is -0.434 e. The van der Waals surface area contributed by atoms with Gasteiger partial charge in [0, 0.05) is 37.5 Å². The second kappa shape index (κ2) is 11.1. The molecule has 2 N–H and O–H groups in total. The van der Waals surface area contributed by atoms with Gasteiger partial charge in [-0.15, -0.1) is 10.2 Å². The normalized spacial score (nSPS) is 16.0. The maximum Gasteiger partial charge on any atom is 0.255 e. The molecule has 1 aromatic carbocycles. The van der Waals surface area contributed by atoms with E-state index in [1.165, 1.54) is 18.7 Å². The zero-order valence-electron chi connectivity index (χ0n) is 22.6. The molecule has 214 valence electrons. The molecule has 4 heterocycles. The summed E-state index contributed by atoms with van der Waals surface area (Å²) < 4.78 is 33.8. The van der Waals surface area contributed by atoms with Crippen LogP contribution in [0.3, 0.4) is 0 Å². The molecule has 0 radical (unpaired) electrons. The number of nitrogens with zero attached hydrogens (tertiary/aromatic N) is 7. The zero-order chi connectivity index (χ0) is 29.3. The van der Waals surface area contributed by atoms with Gasteiger partial charge < -0.3 is 20.1 Å². The van der Waals surface area contributed by atoms with Gasteiger partial charge in [0.05, 0.1) is 36.1 Å². The number of amides is 2. The monoisotopic (exact) mass is 566 g/mol. The van der Waals surface area contributed by atoms with E-state index in [4.69, 9.17) is 4.74 Å². The molecule has 12 nitrogen and oxygen atoms in total. The number of carbonyl (C=O) groups is 2. The van der Waals surface area contributed by atoms with Gasteiger partial charge in [0.1, 0.15) is 12.1 Å². The molecule has 3 aromatic heterocycles. The number of carbonyl (C=O) groups excluding carboxylic acids is 2. The molecule has 1 unspecified atom stereocenters. The van der Waals surface area contributed by atoms with Gasteiger partial charge in [-0.1, -0.05) is 0 Å². The maximum atomic E-state index is 13.8. The van der Waals surface area contributed by atoms with Crippen molar-refractivity contribution in [1.82, 2.24) is 34.4 Å². The number of fused-ring (bicyclic) bond motifs is 1. The van der Waals surface area contributed by atoms with Crippen LogP contribution in [-0.4, -0.2) is 82.5 Å². The fourth-order valence-electron chi connectivity index (χ4n) is 4.80. The van der Waals surface area contributed by atoms with E-state index in [0.29, 0.717) is 42.5 Å². The fraction of sp³-hybridized carbons (Fsp3) is 0.333. The van der Waals surface area contributed by atoms with Gasteiger partial charge in [-0.2, -0.15) is 0 Å². The Morgan fingerprint density at radius 3 is 2.66 bits per heavy atom. The first kappa shape index (κ1) is 28.0. The molecular weight excluding hydrogens is 538 g/mol. The van der Waals surface area contributed by atoms with Crippen LogP contribution in [0.15, 0.2) is 49.2 Å². The van der Waals surface area contributed by atoms with Crippen molar-refractivity contribution in [2.24, 2.45) is 0 Å². The Kier molecular flexibility index (Phi) is 7.60. The van der Waals surface area contributed by atoms with Crippen LogP contribution in [-0.2, 0) is 11.4 Å². The second-order valence-electron chi connectivity index (χ2n) is 10.3. The Morgan fingerprint density at radius 1 is 1.17 bits per heavy atom. The van der Waals surface area contributed by atoms with Gasteiger partial charge in [-0.3, -0.25) is 18.9 Å². The average Bonchev–Trinajstić information content (AvgIpc) is 3.42. The summed E-state index contributed by atoms with van der Waals surface area (Å²) in [4.78, 5) is 38.4. The van der Waals surface area contributed by atoms with Crippen LogP contribution >= 0.6 is 0 Å². The summed E-state index contributed by atoms with van der Waals surface area (Å²) in [5.41, 5.74) is 0.781. The van der Waals surface area contributed by atoms with Crippen molar-refractivity contribution in [3.63, 3.8) is 0 Å². The van der Waals surface area contributed by atoms with Gasteiger partial charge in [0.2, 0.25) is 11.8 Å². The zero-order valence-corrected chi connectivity index (χ0v) is 22.6. The van der Waals surface area contributed by atoms with Crippen LogP contribution in [0.4, 0.5) is 14.6 Å². The SMILES string of the molecule is CC(C(=O)Nc1cnc(Oc2ccc(F)cc2F)cn1)N1CCN(C(=O)c2cc(CO)c3nncn3c2)C(C)(C)C1. The van der Waals surface area contributed by atoms with Crippen LogP contribution in [0.1, 0.15) is 36.7 Å². The molecule has 0 saturated carbocycles. The van der Waals surface area contributed by atoms with Crippen molar-refractivity contribution in [3.8, 4) is 11.6 Å². The molecule has 1 aliphatic heterocycles. The van der Waals surface area contributed by atoms with Crippen molar-refractivity contribution < 1.29 is 28.2 Å². The number of aromatic nitrogens is 5. The highest BCUT2D eigenvalue weighted by Gasteiger charge is 2.40. The van der Waals surface area contributed by atoms with Gasteiger partial charge >= 0.3 is 0 Å². The minimum absolute atomic E-state index is 0.0290. The van der Waals surface area contributed by atoms with Crippen molar-refractivity contribution >= 4 is 23.3 Å². The lowest BCUT2D eigenvalue weighted by atomic mass is 9.96. The molecule has 14 heteroatoms. The lowest BCUT2D eigenvalue weighted by Gasteiger charge is -2.48. The highest BCUT2D eigenvalue weighted by Crippen LogP contribution is 2.26. The molecule has 1 fully saturated rings. The third kappa shape index (κ3) is 5.83. The maximum absolute atomic E-state index is 13.8. The fourth-order valence-corrected chi connectivity index (χ4v) is 4.80. The molecule has 0 spiro atoms. The lowest BCUT2D eigenvalue weighted by molar-refractivity contribution is -0.122. The van der Waals surface area contributed by atoms with Crippen molar-refractivity contribution in [1.29, 1.82) is 0 Å². The van der Waals surface area contributed by atoms with E-state index < -0.39 is 23.2 Å². The van der Waals surface area contributed by atoms with E-state index in [-0.39, 0.29) is 35.9 Å². The number of halogens is 2. The first-order valence-electron chi connectivity index (χ1n) is 12.8. The molecule has 1 saturated heterocycles. The van der Waals surface area contributed by atoms with E-state index in [0.717, 1.165) is 12.1 Å². The number of ether oxygens (including phenoxy) is 1. The van der Waals surface area contributed by atoms with Gasteiger partial charge in [0.15, 0.2) is 23.0 Å². The molecule has 4 aromatic rings. The number of hydrogen-bond donors (Lipinski definition) is 2. The number of benzene rings is 1. The number of pyridine rings is 1. The Balaban J connectivity index is 1.21. The topological polar surface area (TPSA) is 138 Å². The molecule has 0 aliphatic carbocycles. The number of aliphatic hydroxyl groups is 1. The van der Waals surface area contributed by atoms with Crippen LogP contribution in [0, 0.1) is 11.6 Å². The smallest absolute Gasteiger partial charge is 0.255 e. The Labute approximate surface area is 233 Å². The molecule has 1 atom stereocenters. The van der Waals surface area contributed by atoms with Crippen LogP contribution in [0.25, 0.3) is 5.65 Å². The van der Waals surface area contributed by atoms with Gasteiger partial charge in [-0.05, 0) is 39.0 Å². The van der Waals surface area contributed by atoms with Gasteiger partial charge in [-0.25, -0.2) is 18.7 Å². The third-order valence-electron chi connectivity index (χ3n) is 6.98. The number of aliphatic hydroxyl groups excluding tert-OH is 1. The molecule has 2 amide bonds. The van der Waals surface area contributed by atoms with E-state index in [2.05, 4.69) is 25.5 Å². The molecule has 41 heavy (non-hydrogen) atoms. The quantitative estimate of drug-likeness (QED) is 0.346. The number of rotatable bonds is 7. The van der Waals surface area contributed by atoms with Crippen molar-refractivity contribution in [2.45, 2.75) is 39.0 Å². The van der Waals surface area contributed by atoms with Gasteiger partial charge in [0.25, 0.3) is 5.91 Å². The largest absolute Gasteiger partial charge is 0.434 e. The highest BCUT2D eigenvalue weighted by atomic mass is 19.1. The van der Waals surface area contributed by atoms with Crippen molar-refractivity contribution in [3.05, 3.63) is 71.9 Å². The molecule has 5 rings (SSSR count). The Hall–Kier alpha value is -4.56. The minimum atomic E-state index is -0.880. The molecule has 0 bridgehead atoms. The summed E-state index contributed by atoms with van der Waals surface area (Å²) in [5.74, 6) is -2.20. The van der Waals surface area contributed by atoms with Crippen molar-refractivity contribution in [2.75, 3.05) is 25.0 Å². The number of anilines is 1. The van der Waals surface area contributed by atoms with Crippen LogP contribution in [0.2, 0.25) is 0 Å². The predicted molar refractivity (Wildman–Crippen MR) is 142 cm³/mol. The summed E-state index contributed by atoms with van der Waals surface area (Å²) in [5, 5.41) is 20.3. The van der Waals surface area contributed by atoms with E-state index >= 15 is 0 Å². The summed E-state index contributed by atoms with van der Waals surface area (Å²) in [6.07, 6.45) is 5.61. The highest BCUT2D eigenvalue weighted by molar-refractivity contribution is 5.95. The standard InChI is InChI=1S/C27H28F2N8O4/c1-16(25(39)33-22-10-31-23(11-30-22)41-21-5-4-19(28)9-20(21)29)35-6-7-37(27(2,3)14-35)26(40)17-8-18(13-38)24-34-32-15-36(24)12-17/h4-5,8-12,15-16,38H,6-7,13-14H2,1-3H3,(H,30,33,39). The Morgan fingerprint density at radius 2 is 1.98 bits per heavy atom. The predicted octanol–water partition coefficient (Wildman–Crippen LogP) is 2.65. The third-order valence-corrected chi connectivity index (χ3v) is 6.98. The van der Waals surface area contributed by atoms with Crippen LogP contribution in [0.5, 0.6) is 11.6 Å². The van der Waals surface area contributed by atoms with Crippen LogP contribution < -0.4 is 10.1 Å². The first-order chi connectivity index (χ1) is 19.6. The molecule has 1 aliphatic rings. The summed E-state index contributed by atoms with van der Waals surface area (Å²) in [6.45, 7) is 6.60.